The Hall–Kier alpha value is -2.08. The highest BCUT2D eigenvalue weighted by molar-refractivity contribution is 9.10. The monoisotopic (exact) mass is 458 g/mol. The summed E-state index contributed by atoms with van der Waals surface area (Å²) in [5.74, 6) is -0.0289. The Morgan fingerprint density at radius 3 is 2.50 bits per heavy atom. The van der Waals surface area contributed by atoms with Crippen LogP contribution >= 0.6 is 27.5 Å². The second kappa shape index (κ2) is 9.41. The van der Waals surface area contributed by atoms with Crippen molar-refractivity contribution >= 4 is 27.5 Å². The van der Waals surface area contributed by atoms with Crippen LogP contribution in [0.4, 0.5) is 0 Å². The van der Waals surface area contributed by atoms with Crippen molar-refractivity contribution in [3.8, 4) is 0 Å². The van der Waals surface area contributed by atoms with Crippen LogP contribution in [0.3, 0.4) is 0 Å². The minimum atomic E-state index is -0.558. The number of hydrogen-bond donors (Lipinski definition) is 1. The SMILES string of the molecule is Cc1cc(Cl)ccc1[C@H](CC(N=O)c1ccnc(CO)c1)c1ccc(Br)cc1. The first-order chi connectivity index (χ1) is 13.5. The van der Waals surface area contributed by atoms with Gasteiger partial charge in [-0.25, -0.2) is 0 Å². The smallest absolute Gasteiger partial charge is 0.118 e. The minimum Gasteiger partial charge on any atom is -0.390 e. The maximum Gasteiger partial charge on any atom is 0.118 e. The van der Waals surface area contributed by atoms with E-state index in [0.29, 0.717) is 17.1 Å². The van der Waals surface area contributed by atoms with E-state index in [4.69, 9.17) is 11.6 Å². The number of benzene rings is 2. The number of halogens is 2. The third-order valence-electron chi connectivity index (χ3n) is 4.85. The van der Waals surface area contributed by atoms with E-state index in [2.05, 4.69) is 38.2 Å². The highest BCUT2D eigenvalue weighted by Crippen LogP contribution is 2.38. The fourth-order valence-electron chi connectivity index (χ4n) is 3.42. The molecule has 0 saturated heterocycles. The first-order valence-electron chi connectivity index (χ1n) is 8.91. The van der Waals surface area contributed by atoms with Crippen molar-refractivity contribution in [3.05, 3.63) is 103 Å². The van der Waals surface area contributed by atoms with Crippen molar-refractivity contribution in [2.75, 3.05) is 0 Å². The Balaban J connectivity index is 2.02. The molecule has 28 heavy (non-hydrogen) atoms. The van der Waals surface area contributed by atoms with Gasteiger partial charge in [0.2, 0.25) is 0 Å². The lowest BCUT2D eigenvalue weighted by atomic mass is 9.82. The van der Waals surface area contributed by atoms with E-state index in [9.17, 15) is 10.0 Å². The van der Waals surface area contributed by atoms with Crippen LogP contribution < -0.4 is 0 Å². The second-order valence-electron chi connectivity index (χ2n) is 6.70. The number of nitroso groups, excluding NO2 is 1. The molecule has 6 heteroatoms. The Morgan fingerprint density at radius 1 is 1.11 bits per heavy atom. The average molecular weight is 460 g/mol. The summed E-state index contributed by atoms with van der Waals surface area (Å²) < 4.78 is 0.995. The van der Waals surface area contributed by atoms with E-state index in [1.807, 2.05) is 37.3 Å². The van der Waals surface area contributed by atoms with Gasteiger partial charge in [0.15, 0.2) is 0 Å². The molecule has 0 fully saturated rings. The van der Waals surface area contributed by atoms with E-state index >= 15 is 0 Å². The van der Waals surface area contributed by atoms with Crippen LogP contribution in [0.2, 0.25) is 5.02 Å². The summed E-state index contributed by atoms with van der Waals surface area (Å²) in [6.07, 6.45) is 2.10. The first kappa shape index (κ1) is 20.6. The summed E-state index contributed by atoms with van der Waals surface area (Å²) in [7, 11) is 0. The molecule has 4 nitrogen and oxygen atoms in total. The van der Waals surface area contributed by atoms with Gasteiger partial charge in [-0.15, -0.1) is 0 Å². The third kappa shape index (κ3) is 4.85. The predicted octanol–water partition coefficient (Wildman–Crippen LogP) is 6.33. The maximum atomic E-state index is 11.7. The van der Waals surface area contributed by atoms with Crippen molar-refractivity contribution in [2.45, 2.75) is 31.9 Å². The number of pyridine rings is 1. The topological polar surface area (TPSA) is 62.5 Å². The van der Waals surface area contributed by atoms with E-state index < -0.39 is 6.04 Å². The number of aliphatic hydroxyl groups is 1. The van der Waals surface area contributed by atoms with Crippen molar-refractivity contribution < 1.29 is 5.11 Å². The summed E-state index contributed by atoms with van der Waals surface area (Å²) in [6, 6.07) is 16.9. The van der Waals surface area contributed by atoms with Crippen LogP contribution in [0.1, 0.15) is 46.3 Å². The minimum absolute atomic E-state index is 0.0289. The summed E-state index contributed by atoms with van der Waals surface area (Å²) in [5.41, 5.74) is 4.54. The van der Waals surface area contributed by atoms with E-state index in [0.717, 1.165) is 26.7 Å². The van der Waals surface area contributed by atoms with Crippen molar-refractivity contribution in [1.82, 2.24) is 4.98 Å². The first-order valence-corrected chi connectivity index (χ1v) is 10.1. The van der Waals surface area contributed by atoms with E-state index in [1.165, 1.54) is 0 Å². The summed E-state index contributed by atoms with van der Waals surface area (Å²) >= 11 is 9.62. The molecule has 0 aliphatic heterocycles. The van der Waals surface area contributed by atoms with E-state index in [-0.39, 0.29) is 12.5 Å². The predicted molar refractivity (Wildman–Crippen MR) is 115 cm³/mol. The Labute approximate surface area is 177 Å². The van der Waals surface area contributed by atoms with Crippen LogP contribution in [0.15, 0.2) is 70.4 Å². The lowest BCUT2D eigenvalue weighted by Crippen LogP contribution is -2.09. The zero-order valence-electron chi connectivity index (χ0n) is 15.3. The van der Waals surface area contributed by atoms with Gasteiger partial charge in [-0.05, 0) is 72.0 Å². The molecule has 2 aromatic carbocycles. The quantitative estimate of drug-likeness (QED) is 0.420. The average Bonchev–Trinajstić information content (AvgIpc) is 2.70. The Kier molecular flexibility index (Phi) is 6.94. The van der Waals surface area contributed by atoms with Gasteiger partial charge in [0.1, 0.15) is 6.04 Å². The zero-order chi connectivity index (χ0) is 20.1. The van der Waals surface area contributed by atoms with Gasteiger partial charge >= 0.3 is 0 Å². The number of aliphatic hydroxyl groups excluding tert-OH is 1. The van der Waals surface area contributed by atoms with E-state index in [1.54, 1.807) is 18.3 Å². The molecule has 2 atom stereocenters. The van der Waals surface area contributed by atoms with Crippen LogP contribution in [0.25, 0.3) is 0 Å². The molecule has 1 unspecified atom stereocenters. The molecular weight excluding hydrogens is 440 g/mol. The Morgan fingerprint density at radius 2 is 1.86 bits per heavy atom. The summed E-state index contributed by atoms with van der Waals surface area (Å²) in [5, 5.41) is 13.4. The molecule has 0 aliphatic rings. The molecule has 0 saturated carbocycles. The molecule has 1 heterocycles. The molecule has 3 aromatic rings. The molecule has 0 spiro atoms. The molecule has 1 N–H and O–H groups in total. The van der Waals surface area contributed by atoms with Gasteiger partial charge < -0.3 is 5.11 Å². The van der Waals surface area contributed by atoms with Crippen LogP contribution in [-0.2, 0) is 6.61 Å². The van der Waals surface area contributed by atoms with Gasteiger partial charge in [-0.3, -0.25) is 4.98 Å². The van der Waals surface area contributed by atoms with Crippen molar-refractivity contribution in [1.29, 1.82) is 0 Å². The third-order valence-corrected chi connectivity index (χ3v) is 5.62. The number of aromatic nitrogens is 1. The van der Waals surface area contributed by atoms with Crippen molar-refractivity contribution in [3.63, 3.8) is 0 Å². The molecule has 0 radical (unpaired) electrons. The molecule has 144 valence electrons. The molecule has 0 bridgehead atoms. The molecule has 0 aliphatic carbocycles. The van der Waals surface area contributed by atoms with Gasteiger partial charge in [0, 0.05) is 21.6 Å². The summed E-state index contributed by atoms with van der Waals surface area (Å²) in [4.78, 5) is 15.8. The number of hydrogen-bond acceptors (Lipinski definition) is 4. The van der Waals surface area contributed by atoms with Crippen LogP contribution in [-0.4, -0.2) is 10.1 Å². The fraction of sp³-hybridized carbons (Fsp3) is 0.227. The maximum absolute atomic E-state index is 11.7. The largest absolute Gasteiger partial charge is 0.390 e. The number of rotatable bonds is 7. The normalized spacial score (nSPS) is 13.1. The zero-order valence-corrected chi connectivity index (χ0v) is 17.7. The highest BCUT2D eigenvalue weighted by Gasteiger charge is 2.24. The molecule has 3 rings (SSSR count). The lowest BCUT2D eigenvalue weighted by Gasteiger charge is -2.23. The molecular formula is C22H20BrClN2O2. The lowest BCUT2D eigenvalue weighted by molar-refractivity contribution is 0.276. The molecule has 0 amide bonds. The standard InChI is InChI=1S/C22H20BrClN2O2/c1-14-10-18(24)6-7-20(14)21(15-2-4-17(23)5-3-15)12-22(26-28)16-8-9-25-19(11-16)13-27/h2-11,21-22,27H,12-13H2,1H3/t21-,22?/m1/s1. The fourth-order valence-corrected chi connectivity index (χ4v) is 3.91. The molecule has 1 aromatic heterocycles. The highest BCUT2D eigenvalue weighted by atomic mass is 79.9. The van der Waals surface area contributed by atoms with Crippen LogP contribution in [0, 0.1) is 11.8 Å². The van der Waals surface area contributed by atoms with Gasteiger partial charge in [-0.1, -0.05) is 50.9 Å². The number of nitrogens with zero attached hydrogens (tertiary/aromatic N) is 2. The van der Waals surface area contributed by atoms with Gasteiger partial charge in [0.05, 0.1) is 12.3 Å². The Bertz CT molecular complexity index is 963. The van der Waals surface area contributed by atoms with Crippen LogP contribution in [0.5, 0.6) is 0 Å². The summed E-state index contributed by atoms with van der Waals surface area (Å²) in [6.45, 7) is 1.85. The van der Waals surface area contributed by atoms with Gasteiger partial charge in [-0.2, -0.15) is 4.91 Å². The second-order valence-corrected chi connectivity index (χ2v) is 8.05. The van der Waals surface area contributed by atoms with Crippen molar-refractivity contribution in [2.24, 2.45) is 5.18 Å². The van der Waals surface area contributed by atoms with Gasteiger partial charge in [0.25, 0.3) is 0 Å². The number of aryl methyl sites for hydroxylation is 1.